The number of nitrogens with one attached hydrogen (secondary N) is 2. The van der Waals surface area contributed by atoms with Crippen molar-refractivity contribution in [3.8, 4) is 17.5 Å². The van der Waals surface area contributed by atoms with Crippen molar-refractivity contribution in [2.75, 3.05) is 44.8 Å². The number of fused-ring (bicyclic) bond motifs is 1. The quantitative estimate of drug-likeness (QED) is 0.205. The summed E-state index contributed by atoms with van der Waals surface area (Å²) in [5.41, 5.74) is 2.58. The molecule has 4 aromatic rings. The maximum Gasteiger partial charge on any atom is 0.339 e. The SMILES string of the molecule is Cc1c(OCCCN2CCOCC2)cn2nc(Oc3ccc(NC(=S)NC(=O)Cc4ccc(F)cc4)cc3F)ncc12. The van der Waals surface area contributed by atoms with Crippen LogP contribution in [0.5, 0.6) is 17.5 Å². The number of aromatic nitrogens is 3. The van der Waals surface area contributed by atoms with Gasteiger partial charge in [-0.3, -0.25) is 9.69 Å². The number of thiocarbonyl (C=S) groups is 1. The molecular weight excluding hydrogens is 566 g/mol. The Morgan fingerprint density at radius 1 is 1.12 bits per heavy atom. The molecule has 1 aliphatic heterocycles. The maximum absolute atomic E-state index is 14.8. The van der Waals surface area contributed by atoms with Gasteiger partial charge in [0.05, 0.1) is 44.2 Å². The number of rotatable bonds is 10. The van der Waals surface area contributed by atoms with Crippen molar-refractivity contribution in [2.24, 2.45) is 0 Å². The number of benzene rings is 2. The van der Waals surface area contributed by atoms with Crippen LogP contribution in [0.3, 0.4) is 0 Å². The van der Waals surface area contributed by atoms with E-state index in [1.807, 2.05) is 6.92 Å². The summed E-state index contributed by atoms with van der Waals surface area (Å²) >= 11 is 5.15. The van der Waals surface area contributed by atoms with Crippen LogP contribution >= 0.6 is 12.2 Å². The fourth-order valence-electron chi connectivity index (χ4n) is 4.42. The zero-order chi connectivity index (χ0) is 29.5. The van der Waals surface area contributed by atoms with Crippen molar-refractivity contribution in [1.29, 1.82) is 0 Å². The molecule has 1 fully saturated rings. The largest absolute Gasteiger partial charge is 0.492 e. The summed E-state index contributed by atoms with van der Waals surface area (Å²) in [6.45, 7) is 6.88. The predicted molar refractivity (Wildman–Crippen MR) is 156 cm³/mol. The van der Waals surface area contributed by atoms with E-state index in [4.69, 9.17) is 26.4 Å². The Balaban J connectivity index is 1.14. The first-order chi connectivity index (χ1) is 20.3. The Bertz CT molecular complexity index is 1560. The summed E-state index contributed by atoms with van der Waals surface area (Å²) in [5, 5.41) is 9.61. The molecule has 1 saturated heterocycles. The first-order valence-electron chi connectivity index (χ1n) is 13.4. The summed E-state index contributed by atoms with van der Waals surface area (Å²) in [5.74, 6) is -0.853. The zero-order valence-corrected chi connectivity index (χ0v) is 23.8. The lowest BCUT2D eigenvalue weighted by Crippen LogP contribution is -2.37. The number of hydrogen-bond acceptors (Lipinski definition) is 8. The van der Waals surface area contributed by atoms with Crippen LogP contribution in [0.1, 0.15) is 17.5 Å². The molecule has 0 unspecified atom stereocenters. The molecule has 3 heterocycles. The third kappa shape index (κ3) is 7.75. The van der Waals surface area contributed by atoms with Crippen LogP contribution in [-0.4, -0.2) is 70.0 Å². The summed E-state index contributed by atoms with van der Waals surface area (Å²) in [4.78, 5) is 18.8. The summed E-state index contributed by atoms with van der Waals surface area (Å²) in [6.07, 6.45) is 4.25. The first kappa shape index (κ1) is 29.3. The van der Waals surface area contributed by atoms with E-state index >= 15 is 0 Å². The van der Waals surface area contributed by atoms with Gasteiger partial charge in [0.2, 0.25) is 5.91 Å². The van der Waals surface area contributed by atoms with Crippen LogP contribution < -0.4 is 20.1 Å². The van der Waals surface area contributed by atoms with Gasteiger partial charge >= 0.3 is 6.01 Å². The van der Waals surface area contributed by atoms with E-state index in [9.17, 15) is 13.6 Å². The molecular formula is C29H30F2N6O4S. The third-order valence-electron chi connectivity index (χ3n) is 6.63. The number of amides is 1. The van der Waals surface area contributed by atoms with Crippen molar-refractivity contribution >= 4 is 34.4 Å². The highest BCUT2D eigenvalue weighted by Gasteiger charge is 2.15. The molecule has 1 aliphatic rings. The van der Waals surface area contributed by atoms with Gasteiger partial charge in [-0.05, 0) is 55.4 Å². The predicted octanol–water partition coefficient (Wildman–Crippen LogP) is 4.27. The molecule has 220 valence electrons. The number of morpholine rings is 1. The molecule has 0 bridgehead atoms. The van der Waals surface area contributed by atoms with Gasteiger partial charge < -0.3 is 24.8 Å². The van der Waals surface area contributed by atoms with Crippen molar-refractivity contribution in [1.82, 2.24) is 24.8 Å². The average molecular weight is 597 g/mol. The highest BCUT2D eigenvalue weighted by atomic mass is 32.1. The number of carbonyl (C=O) groups is 1. The van der Waals surface area contributed by atoms with E-state index in [1.54, 1.807) is 16.9 Å². The molecule has 10 nitrogen and oxygen atoms in total. The van der Waals surface area contributed by atoms with Crippen LogP contribution in [0, 0.1) is 18.6 Å². The normalized spacial score (nSPS) is 13.6. The lowest BCUT2D eigenvalue weighted by Gasteiger charge is -2.26. The van der Waals surface area contributed by atoms with Gasteiger partial charge in [-0.2, -0.15) is 4.98 Å². The van der Waals surface area contributed by atoms with E-state index in [1.165, 1.54) is 42.5 Å². The van der Waals surface area contributed by atoms with Crippen LogP contribution in [-0.2, 0) is 16.0 Å². The summed E-state index contributed by atoms with van der Waals surface area (Å²) < 4.78 is 46.4. The second-order valence-corrected chi connectivity index (χ2v) is 10.1. The molecule has 0 saturated carbocycles. The standard InChI is InChI=1S/C29H30F2N6O4S/c1-19-24-17-32-28(35-37(24)18-26(19)40-12-2-9-36-10-13-39-14-11-36)41-25-8-7-22(16-23(25)31)33-29(42)34-27(38)15-20-3-5-21(30)6-4-20/h3-8,16-18H,2,9-15H2,1H3,(H2,33,34,38,42). The fraction of sp³-hybridized carbons (Fsp3) is 0.310. The number of carbonyl (C=O) groups excluding carboxylic acids is 1. The zero-order valence-electron chi connectivity index (χ0n) is 22.9. The van der Waals surface area contributed by atoms with Crippen molar-refractivity contribution < 1.29 is 27.8 Å². The monoisotopic (exact) mass is 596 g/mol. The van der Waals surface area contributed by atoms with Gasteiger partial charge in [0.1, 0.15) is 11.6 Å². The Morgan fingerprint density at radius 2 is 1.90 bits per heavy atom. The molecule has 2 N–H and O–H groups in total. The number of ether oxygens (including phenoxy) is 3. The lowest BCUT2D eigenvalue weighted by atomic mass is 10.1. The average Bonchev–Trinajstić information content (AvgIpc) is 3.28. The number of anilines is 1. The van der Waals surface area contributed by atoms with Gasteiger partial charge in [-0.15, -0.1) is 5.10 Å². The van der Waals surface area contributed by atoms with E-state index in [0.717, 1.165) is 50.3 Å². The molecule has 13 heteroatoms. The minimum Gasteiger partial charge on any atom is -0.492 e. The number of halogens is 2. The molecule has 0 aliphatic carbocycles. The Labute approximate surface area is 246 Å². The maximum atomic E-state index is 14.8. The smallest absolute Gasteiger partial charge is 0.339 e. The second-order valence-electron chi connectivity index (χ2n) is 9.70. The van der Waals surface area contributed by atoms with Crippen molar-refractivity contribution in [3.63, 3.8) is 0 Å². The summed E-state index contributed by atoms with van der Waals surface area (Å²) in [7, 11) is 0. The first-order valence-corrected chi connectivity index (χ1v) is 13.9. The molecule has 42 heavy (non-hydrogen) atoms. The van der Waals surface area contributed by atoms with E-state index in [0.29, 0.717) is 23.6 Å². The van der Waals surface area contributed by atoms with Crippen molar-refractivity contribution in [2.45, 2.75) is 19.8 Å². The Kier molecular flexibility index (Phi) is 9.52. The molecule has 0 spiro atoms. The number of aryl methyl sites for hydroxylation is 1. The lowest BCUT2D eigenvalue weighted by molar-refractivity contribution is -0.119. The second kappa shape index (κ2) is 13.6. The highest BCUT2D eigenvalue weighted by molar-refractivity contribution is 7.80. The van der Waals surface area contributed by atoms with Gasteiger partial charge in [-0.25, -0.2) is 13.3 Å². The van der Waals surface area contributed by atoms with E-state index in [-0.39, 0.29) is 29.1 Å². The van der Waals surface area contributed by atoms with Gasteiger partial charge in [0.15, 0.2) is 16.7 Å². The molecule has 0 radical (unpaired) electrons. The Hall–Kier alpha value is -4.20. The molecule has 1 amide bonds. The van der Waals surface area contributed by atoms with Crippen LogP contribution in [0.15, 0.2) is 54.9 Å². The topological polar surface area (TPSA) is 102 Å². The van der Waals surface area contributed by atoms with Crippen LogP contribution in [0.4, 0.5) is 14.5 Å². The van der Waals surface area contributed by atoms with Gasteiger partial charge in [-0.1, -0.05) is 12.1 Å². The minimum atomic E-state index is -0.683. The van der Waals surface area contributed by atoms with Gasteiger partial charge in [0.25, 0.3) is 0 Å². The van der Waals surface area contributed by atoms with Crippen LogP contribution in [0.2, 0.25) is 0 Å². The van der Waals surface area contributed by atoms with Gasteiger partial charge in [0, 0.05) is 37.0 Å². The van der Waals surface area contributed by atoms with E-state index in [2.05, 4.69) is 25.6 Å². The number of hydrogen-bond donors (Lipinski definition) is 2. The third-order valence-corrected chi connectivity index (χ3v) is 6.84. The molecule has 2 aromatic heterocycles. The highest BCUT2D eigenvalue weighted by Crippen LogP contribution is 2.27. The van der Waals surface area contributed by atoms with Crippen molar-refractivity contribution in [3.05, 3.63) is 77.6 Å². The fourth-order valence-corrected chi connectivity index (χ4v) is 4.65. The molecule has 0 atom stereocenters. The van der Waals surface area contributed by atoms with E-state index < -0.39 is 11.7 Å². The molecule has 5 rings (SSSR count). The van der Waals surface area contributed by atoms with Crippen LogP contribution in [0.25, 0.3) is 5.52 Å². The molecule has 2 aromatic carbocycles. The number of nitrogens with zero attached hydrogens (tertiary/aromatic N) is 4. The minimum absolute atomic E-state index is 0.00828. The summed E-state index contributed by atoms with van der Waals surface area (Å²) in [6, 6.07) is 9.65. The Morgan fingerprint density at radius 3 is 2.67 bits per heavy atom.